The Bertz CT molecular complexity index is 808. The molecule has 6 nitrogen and oxygen atoms in total. The molecule has 0 bridgehead atoms. The van der Waals surface area contributed by atoms with Crippen LogP contribution in [0.3, 0.4) is 0 Å². The normalized spacial score (nSPS) is 16.4. The van der Waals surface area contributed by atoms with Gasteiger partial charge in [-0.2, -0.15) is 0 Å². The van der Waals surface area contributed by atoms with Crippen LogP contribution in [0, 0.1) is 0 Å². The van der Waals surface area contributed by atoms with Crippen LogP contribution < -0.4 is 14.8 Å². The SMILES string of the molecule is CN=C(NCCc1ccccc1)N1CCN(Cc2ccc3c(c2)OCO3)CC1.I. The van der Waals surface area contributed by atoms with Crippen molar-refractivity contribution in [3.63, 3.8) is 0 Å². The molecule has 0 saturated carbocycles. The molecule has 2 aromatic rings. The molecule has 1 saturated heterocycles. The summed E-state index contributed by atoms with van der Waals surface area (Å²) in [5, 5.41) is 3.51. The molecule has 0 aliphatic carbocycles. The number of guanidine groups is 1. The van der Waals surface area contributed by atoms with E-state index in [1.807, 2.05) is 13.1 Å². The molecule has 1 N–H and O–H groups in total. The second-order valence-corrected chi connectivity index (χ2v) is 7.16. The van der Waals surface area contributed by atoms with Gasteiger partial charge in [0.15, 0.2) is 17.5 Å². The van der Waals surface area contributed by atoms with Crippen LogP contribution in [-0.2, 0) is 13.0 Å². The third-order valence-corrected chi connectivity index (χ3v) is 5.27. The monoisotopic (exact) mass is 508 g/mol. The van der Waals surface area contributed by atoms with Gasteiger partial charge >= 0.3 is 0 Å². The van der Waals surface area contributed by atoms with E-state index in [0.717, 1.165) is 63.1 Å². The van der Waals surface area contributed by atoms with Crippen LogP contribution in [0.15, 0.2) is 53.5 Å². The quantitative estimate of drug-likeness (QED) is 0.383. The average Bonchev–Trinajstić information content (AvgIpc) is 3.21. The fourth-order valence-electron chi connectivity index (χ4n) is 3.71. The zero-order valence-corrected chi connectivity index (χ0v) is 19.2. The molecule has 1 fully saturated rings. The number of nitrogens with one attached hydrogen (secondary N) is 1. The molecule has 0 amide bonds. The van der Waals surface area contributed by atoms with E-state index in [9.17, 15) is 0 Å². The molecule has 7 heteroatoms. The number of ether oxygens (including phenoxy) is 2. The molecule has 156 valence electrons. The van der Waals surface area contributed by atoms with Crippen molar-refractivity contribution in [2.75, 3.05) is 46.6 Å². The molecule has 29 heavy (non-hydrogen) atoms. The van der Waals surface area contributed by atoms with Gasteiger partial charge in [-0.15, -0.1) is 24.0 Å². The van der Waals surface area contributed by atoms with Crippen molar-refractivity contribution in [1.29, 1.82) is 0 Å². The summed E-state index contributed by atoms with van der Waals surface area (Å²) in [6.45, 7) is 6.17. The van der Waals surface area contributed by atoms with Gasteiger partial charge in [0.2, 0.25) is 6.79 Å². The number of nitrogens with zero attached hydrogens (tertiary/aromatic N) is 3. The number of hydrogen-bond acceptors (Lipinski definition) is 4. The van der Waals surface area contributed by atoms with E-state index in [1.54, 1.807) is 0 Å². The highest BCUT2D eigenvalue weighted by Gasteiger charge is 2.20. The van der Waals surface area contributed by atoms with Crippen LogP contribution in [-0.4, -0.2) is 62.3 Å². The molecule has 0 radical (unpaired) electrons. The summed E-state index contributed by atoms with van der Waals surface area (Å²) in [5.41, 5.74) is 2.61. The minimum absolute atomic E-state index is 0. The predicted molar refractivity (Wildman–Crippen MR) is 126 cm³/mol. The molecule has 4 rings (SSSR count). The molecule has 0 spiro atoms. The number of rotatable bonds is 5. The molecular weight excluding hydrogens is 479 g/mol. The summed E-state index contributed by atoms with van der Waals surface area (Å²) in [7, 11) is 1.86. The van der Waals surface area contributed by atoms with Gasteiger partial charge in [-0.25, -0.2) is 0 Å². The van der Waals surface area contributed by atoms with Crippen molar-refractivity contribution in [3.05, 3.63) is 59.7 Å². The Hall–Kier alpha value is -2.00. The van der Waals surface area contributed by atoms with Crippen molar-refractivity contribution >= 4 is 29.9 Å². The molecule has 2 aliphatic heterocycles. The Morgan fingerprint density at radius 1 is 0.966 bits per heavy atom. The molecule has 0 unspecified atom stereocenters. The van der Waals surface area contributed by atoms with E-state index in [0.29, 0.717) is 6.79 Å². The zero-order valence-electron chi connectivity index (χ0n) is 16.8. The van der Waals surface area contributed by atoms with Crippen LogP contribution in [0.1, 0.15) is 11.1 Å². The number of halogens is 1. The van der Waals surface area contributed by atoms with Crippen molar-refractivity contribution in [3.8, 4) is 11.5 Å². The van der Waals surface area contributed by atoms with Crippen molar-refractivity contribution in [2.24, 2.45) is 4.99 Å². The summed E-state index contributed by atoms with van der Waals surface area (Å²) < 4.78 is 10.9. The van der Waals surface area contributed by atoms with Gasteiger partial charge in [0, 0.05) is 46.3 Å². The smallest absolute Gasteiger partial charge is 0.231 e. The fraction of sp³-hybridized carbons (Fsp3) is 0.409. The Balaban J connectivity index is 0.00000240. The van der Waals surface area contributed by atoms with Crippen LogP contribution in [0.25, 0.3) is 0 Å². The Morgan fingerprint density at radius 3 is 2.48 bits per heavy atom. The van der Waals surface area contributed by atoms with Gasteiger partial charge in [-0.05, 0) is 29.7 Å². The molecule has 2 aromatic carbocycles. The maximum atomic E-state index is 5.49. The highest BCUT2D eigenvalue weighted by atomic mass is 127. The number of piperazine rings is 1. The van der Waals surface area contributed by atoms with Crippen molar-refractivity contribution in [2.45, 2.75) is 13.0 Å². The van der Waals surface area contributed by atoms with Crippen molar-refractivity contribution in [1.82, 2.24) is 15.1 Å². The standard InChI is InChI=1S/C22H28N4O2.HI/c1-23-22(24-10-9-18-5-3-2-4-6-18)26-13-11-25(12-14-26)16-19-7-8-20-21(15-19)28-17-27-20;/h2-8,15H,9-14,16-17H2,1H3,(H,23,24);1H. The summed E-state index contributed by atoms with van der Waals surface area (Å²) >= 11 is 0. The largest absolute Gasteiger partial charge is 0.454 e. The lowest BCUT2D eigenvalue weighted by Crippen LogP contribution is -2.52. The molecular formula is C22H29IN4O2. The molecule has 2 aliphatic rings. The molecule has 0 atom stereocenters. The lowest BCUT2D eigenvalue weighted by Gasteiger charge is -2.36. The Kier molecular flexibility index (Phi) is 8.00. The highest BCUT2D eigenvalue weighted by Crippen LogP contribution is 2.32. The Morgan fingerprint density at radius 2 is 1.72 bits per heavy atom. The predicted octanol–water partition coefficient (Wildman–Crippen LogP) is 2.97. The number of fused-ring (bicyclic) bond motifs is 1. The third-order valence-electron chi connectivity index (χ3n) is 5.27. The lowest BCUT2D eigenvalue weighted by atomic mass is 10.1. The first-order valence-electron chi connectivity index (χ1n) is 9.92. The Labute approximate surface area is 189 Å². The van der Waals surface area contributed by atoms with E-state index in [4.69, 9.17) is 9.47 Å². The average molecular weight is 508 g/mol. The second kappa shape index (κ2) is 10.7. The highest BCUT2D eigenvalue weighted by molar-refractivity contribution is 14.0. The summed E-state index contributed by atoms with van der Waals surface area (Å²) in [6, 6.07) is 16.8. The number of hydrogen-bond donors (Lipinski definition) is 1. The van der Waals surface area contributed by atoms with E-state index in [-0.39, 0.29) is 24.0 Å². The van der Waals surface area contributed by atoms with E-state index >= 15 is 0 Å². The van der Waals surface area contributed by atoms with E-state index in [2.05, 4.69) is 62.6 Å². The van der Waals surface area contributed by atoms with Crippen LogP contribution in [0.4, 0.5) is 0 Å². The number of aliphatic imine (C=N–C) groups is 1. The maximum Gasteiger partial charge on any atom is 0.231 e. The first kappa shape index (κ1) is 21.7. The van der Waals surface area contributed by atoms with Crippen LogP contribution >= 0.6 is 24.0 Å². The van der Waals surface area contributed by atoms with E-state index < -0.39 is 0 Å². The number of benzene rings is 2. The second-order valence-electron chi connectivity index (χ2n) is 7.16. The molecule has 2 heterocycles. The maximum absolute atomic E-state index is 5.49. The summed E-state index contributed by atoms with van der Waals surface area (Å²) in [6.07, 6.45) is 1.00. The summed E-state index contributed by atoms with van der Waals surface area (Å²) in [5.74, 6) is 2.71. The van der Waals surface area contributed by atoms with Gasteiger partial charge in [-0.3, -0.25) is 9.89 Å². The third kappa shape index (κ3) is 5.76. The van der Waals surface area contributed by atoms with Gasteiger partial charge in [-0.1, -0.05) is 36.4 Å². The minimum Gasteiger partial charge on any atom is -0.454 e. The van der Waals surface area contributed by atoms with E-state index in [1.165, 1.54) is 11.1 Å². The van der Waals surface area contributed by atoms with Crippen molar-refractivity contribution < 1.29 is 9.47 Å². The summed E-state index contributed by atoms with van der Waals surface area (Å²) in [4.78, 5) is 9.30. The van der Waals surface area contributed by atoms with Gasteiger partial charge in [0.05, 0.1) is 0 Å². The lowest BCUT2D eigenvalue weighted by molar-refractivity contribution is 0.171. The minimum atomic E-state index is 0. The first-order chi connectivity index (χ1) is 13.8. The zero-order chi connectivity index (χ0) is 19.2. The van der Waals surface area contributed by atoms with Crippen LogP contribution in [0.5, 0.6) is 11.5 Å². The van der Waals surface area contributed by atoms with Gasteiger partial charge < -0.3 is 19.7 Å². The van der Waals surface area contributed by atoms with Gasteiger partial charge in [0.1, 0.15) is 0 Å². The topological polar surface area (TPSA) is 49.3 Å². The van der Waals surface area contributed by atoms with Crippen LogP contribution in [0.2, 0.25) is 0 Å². The first-order valence-corrected chi connectivity index (χ1v) is 9.92. The molecule has 0 aromatic heterocycles. The van der Waals surface area contributed by atoms with Gasteiger partial charge in [0.25, 0.3) is 0 Å². The fourth-order valence-corrected chi connectivity index (χ4v) is 3.71.